The first-order valence-electron chi connectivity index (χ1n) is 6.08. The molecule has 3 rings (SSSR count). The lowest BCUT2D eigenvalue weighted by atomic mass is 10.0. The van der Waals surface area contributed by atoms with Crippen LogP contribution in [0.2, 0.25) is 0 Å². The van der Waals surface area contributed by atoms with Gasteiger partial charge >= 0.3 is 5.97 Å². The highest BCUT2D eigenvalue weighted by Gasteiger charge is 2.14. The van der Waals surface area contributed by atoms with Gasteiger partial charge in [-0.25, -0.2) is 4.79 Å². The van der Waals surface area contributed by atoms with Gasteiger partial charge in [0.05, 0.1) is 11.3 Å². The Balaban J connectivity index is 2.37. The Morgan fingerprint density at radius 1 is 0.950 bits per heavy atom. The average Bonchev–Trinajstić information content (AvgIpc) is 2.46. The monoisotopic (exact) mass is 265 g/mol. The zero-order valence-corrected chi connectivity index (χ0v) is 10.4. The summed E-state index contributed by atoms with van der Waals surface area (Å²) in [6, 6.07) is 14.0. The number of carboxylic acid groups (broad SMARTS) is 1. The van der Waals surface area contributed by atoms with E-state index in [0.29, 0.717) is 22.0 Å². The summed E-state index contributed by atoms with van der Waals surface area (Å²) in [6.07, 6.45) is 1.33. The van der Waals surface area contributed by atoms with E-state index in [1.54, 1.807) is 42.5 Å². The molecular weight excluding hydrogens is 254 g/mol. The topological polar surface area (TPSA) is 70.4 Å². The molecule has 0 radical (unpaired) electrons. The minimum absolute atomic E-state index is 0.119. The van der Waals surface area contributed by atoms with E-state index in [1.165, 1.54) is 6.20 Å². The van der Waals surface area contributed by atoms with Gasteiger partial charge in [0, 0.05) is 17.1 Å². The van der Waals surface area contributed by atoms with Crippen molar-refractivity contribution in [3.05, 3.63) is 60.3 Å². The highest BCUT2D eigenvalue weighted by atomic mass is 16.4. The maximum absolute atomic E-state index is 11.2. The number of benzene rings is 2. The Kier molecular flexibility index (Phi) is 2.84. The first-order chi connectivity index (χ1) is 9.68. The number of para-hydroxylation sites is 1. The van der Waals surface area contributed by atoms with Gasteiger partial charge in [-0.2, -0.15) is 0 Å². The molecule has 0 amide bonds. The zero-order chi connectivity index (χ0) is 14.1. The quantitative estimate of drug-likeness (QED) is 0.745. The zero-order valence-electron chi connectivity index (χ0n) is 10.4. The van der Waals surface area contributed by atoms with E-state index >= 15 is 0 Å². The van der Waals surface area contributed by atoms with Gasteiger partial charge < -0.3 is 10.2 Å². The van der Waals surface area contributed by atoms with Gasteiger partial charge in [-0.15, -0.1) is 0 Å². The third-order valence-corrected chi connectivity index (χ3v) is 3.18. The fraction of sp³-hybridized carbons (Fsp3) is 0. The number of carboxylic acids is 1. The molecule has 98 valence electrons. The molecule has 0 saturated heterocycles. The molecule has 0 saturated carbocycles. The first kappa shape index (κ1) is 12.2. The molecule has 0 aliphatic rings. The SMILES string of the molecule is O=C(O)c1cnc(-c2ccccc2O)c2ccccc12. The lowest BCUT2D eigenvalue weighted by Gasteiger charge is -2.09. The molecule has 0 atom stereocenters. The van der Waals surface area contributed by atoms with Crippen molar-refractivity contribution in [1.29, 1.82) is 0 Å². The molecule has 1 heterocycles. The van der Waals surface area contributed by atoms with E-state index in [1.807, 2.05) is 6.07 Å². The van der Waals surface area contributed by atoms with Crippen molar-refractivity contribution in [3.8, 4) is 17.0 Å². The summed E-state index contributed by atoms with van der Waals surface area (Å²) in [5, 5.41) is 20.5. The second-order valence-electron chi connectivity index (χ2n) is 4.39. The molecule has 2 N–H and O–H groups in total. The molecule has 0 spiro atoms. The molecule has 1 aromatic heterocycles. The summed E-state index contributed by atoms with van der Waals surface area (Å²) in [6.45, 7) is 0. The summed E-state index contributed by atoms with van der Waals surface area (Å²) in [4.78, 5) is 15.5. The Morgan fingerprint density at radius 2 is 1.60 bits per heavy atom. The lowest BCUT2D eigenvalue weighted by Crippen LogP contribution is -2.00. The van der Waals surface area contributed by atoms with Crippen molar-refractivity contribution in [1.82, 2.24) is 4.98 Å². The summed E-state index contributed by atoms with van der Waals surface area (Å²) in [5.74, 6) is -0.897. The summed E-state index contributed by atoms with van der Waals surface area (Å²) < 4.78 is 0. The van der Waals surface area contributed by atoms with Crippen molar-refractivity contribution in [3.63, 3.8) is 0 Å². The van der Waals surface area contributed by atoms with Crippen LogP contribution < -0.4 is 0 Å². The normalized spacial score (nSPS) is 10.6. The van der Waals surface area contributed by atoms with E-state index in [4.69, 9.17) is 0 Å². The molecule has 0 fully saturated rings. The Bertz CT molecular complexity index is 812. The average molecular weight is 265 g/mol. The van der Waals surface area contributed by atoms with Crippen molar-refractivity contribution >= 4 is 16.7 Å². The number of carbonyl (C=O) groups is 1. The fourth-order valence-corrected chi connectivity index (χ4v) is 2.25. The molecule has 4 nitrogen and oxygen atoms in total. The number of rotatable bonds is 2. The van der Waals surface area contributed by atoms with Crippen LogP contribution in [-0.2, 0) is 0 Å². The Hall–Kier alpha value is -2.88. The van der Waals surface area contributed by atoms with E-state index in [2.05, 4.69) is 4.98 Å². The Morgan fingerprint density at radius 3 is 2.30 bits per heavy atom. The van der Waals surface area contributed by atoms with Gasteiger partial charge in [-0.3, -0.25) is 4.98 Å². The van der Waals surface area contributed by atoms with Gasteiger partial charge in [0.25, 0.3) is 0 Å². The molecule has 0 aliphatic heterocycles. The van der Waals surface area contributed by atoms with Crippen molar-refractivity contribution in [2.24, 2.45) is 0 Å². The minimum atomic E-state index is -1.02. The van der Waals surface area contributed by atoms with Gasteiger partial charge in [0.1, 0.15) is 5.75 Å². The third kappa shape index (κ3) is 1.87. The third-order valence-electron chi connectivity index (χ3n) is 3.18. The smallest absolute Gasteiger partial charge is 0.337 e. The fourth-order valence-electron chi connectivity index (χ4n) is 2.25. The highest BCUT2D eigenvalue weighted by molar-refractivity contribution is 6.07. The van der Waals surface area contributed by atoms with Crippen molar-refractivity contribution < 1.29 is 15.0 Å². The van der Waals surface area contributed by atoms with Crippen LogP contribution in [0.15, 0.2) is 54.7 Å². The van der Waals surface area contributed by atoms with Crippen LogP contribution in [-0.4, -0.2) is 21.2 Å². The molecule has 3 aromatic rings. The van der Waals surface area contributed by atoms with Gasteiger partial charge in [-0.1, -0.05) is 36.4 Å². The lowest BCUT2D eigenvalue weighted by molar-refractivity contribution is 0.0698. The first-order valence-corrected chi connectivity index (χ1v) is 6.08. The van der Waals surface area contributed by atoms with Crippen LogP contribution in [0, 0.1) is 0 Å². The maximum atomic E-state index is 11.2. The van der Waals surface area contributed by atoms with Crippen LogP contribution in [0.4, 0.5) is 0 Å². The molecule has 0 aliphatic carbocycles. The molecule has 0 bridgehead atoms. The largest absolute Gasteiger partial charge is 0.507 e. The number of aromatic nitrogens is 1. The number of aromatic carboxylic acids is 1. The van der Waals surface area contributed by atoms with E-state index in [9.17, 15) is 15.0 Å². The predicted molar refractivity (Wildman–Crippen MR) is 75.8 cm³/mol. The molecule has 20 heavy (non-hydrogen) atoms. The molecule has 4 heteroatoms. The van der Waals surface area contributed by atoms with Gasteiger partial charge in [0.15, 0.2) is 0 Å². The van der Waals surface area contributed by atoms with Crippen LogP contribution in [0.5, 0.6) is 5.75 Å². The second kappa shape index (κ2) is 4.66. The Labute approximate surface area is 115 Å². The number of pyridine rings is 1. The van der Waals surface area contributed by atoms with Crippen LogP contribution in [0.25, 0.3) is 22.0 Å². The molecule has 0 unspecified atom stereocenters. The highest BCUT2D eigenvalue weighted by Crippen LogP contribution is 2.33. The van der Waals surface area contributed by atoms with Crippen LogP contribution >= 0.6 is 0 Å². The van der Waals surface area contributed by atoms with Crippen molar-refractivity contribution in [2.45, 2.75) is 0 Å². The predicted octanol–water partition coefficient (Wildman–Crippen LogP) is 3.31. The minimum Gasteiger partial charge on any atom is -0.507 e. The molecule has 2 aromatic carbocycles. The van der Waals surface area contributed by atoms with E-state index in [-0.39, 0.29) is 11.3 Å². The number of hydrogen-bond acceptors (Lipinski definition) is 3. The maximum Gasteiger partial charge on any atom is 0.337 e. The van der Waals surface area contributed by atoms with E-state index in [0.717, 1.165) is 0 Å². The van der Waals surface area contributed by atoms with Crippen LogP contribution in [0.3, 0.4) is 0 Å². The van der Waals surface area contributed by atoms with Gasteiger partial charge in [0.2, 0.25) is 0 Å². The van der Waals surface area contributed by atoms with Crippen molar-refractivity contribution in [2.75, 3.05) is 0 Å². The summed E-state index contributed by atoms with van der Waals surface area (Å²) >= 11 is 0. The standard InChI is InChI=1S/C16H11NO3/c18-14-8-4-3-7-12(14)15-11-6-2-1-5-10(11)13(9-17-15)16(19)20/h1-9,18H,(H,19,20). The summed E-state index contributed by atoms with van der Waals surface area (Å²) in [7, 11) is 0. The second-order valence-corrected chi connectivity index (χ2v) is 4.39. The van der Waals surface area contributed by atoms with Crippen LogP contribution in [0.1, 0.15) is 10.4 Å². The number of nitrogens with zero attached hydrogens (tertiary/aromatic N) is 1. The van der Waals surface area contributed by atoms with E-state index < -0.39 is 5.97 Å². The summed E-state index contributed by atoms with van der Waals surface area (Å²) in [5.41, 5.74) is 1.31. The number of fused-ring (bicyclic) bond motifs is 1. The number of aromatic hydroxyl groups is 1. The van der Waals surface area contributed by atoms with Gasteiger partial charge in [-0.05, 0) is 17.5 Å². The number of phenols is 1. The number of hydrogen-bond donors (Lipinski definition) is 2. The molecular formula is C16H11NO3. The number of phenolic OH excluding ortho intramolecular Hbond substituents is 1.